The van der Waals surface area contributed by atoms with Crippen LogP contribution in [0.15, 0.2) is 12.4 Å². The van der Waals surface area contributed by atoms with Gasteiger partial charge in [0.15, 0.2) is 0 Å². The molecule has 94 valence electrons. The third kappa shape index (κ3) is 2.17. The molecule has 0 aromatic carbocycles. The summed E-state index contributed by atoms with van der Waals surface area (Å²) >= 11 is 0. The lowest BCUT2D eigenvalue weighted by atomic mass is 10.00. The van der Waals surface area contributed by atoms with Crippen molar-refractivity contribution < 1.29 is 5.11 Å². The van der Waals surface area contributed by atoms with Gasteiger partial charge in [-0.2, -0.15) is 5.10 Å². The Morgan fingerprint density at radius 1 is 1.35 bits per heavy atom. The monoisotopic (exact) mass is 236 g/mol. The maximum atomic E-state index is 9.84. The van der Waals surface area contributed by atoms with E-state index in [0.29, 0.717) is 11.8 Å². The molecule has 3 rings (SSSR count). The van der Waals surface area contributed by atoms with E-state index >= 15 is 0 Å². The summed E-state index contributed by atoms with van der Waals surface area (Å²) in [5, 5.41) is 14.0. The summed E-state index contributed by atoms with van der Waals surface area (Å²) in [4.78, 5) is 2.44. The van der Waals surface area contributed by atoms with Crippen LogP contribution >= 0.6 is 0 Å². The van der Waals surface area contributed by atoms with Gasteiger partial charge in [-0.25, -0.2) is 0 Å². The largest absolute Gasteiger partial charge is 0.396 e. The zero-order chi connectivity index (χ0) is 11.8. The first kappa shape index (κ1) is 11.0. The van der Waals surface area contributed by atoms with Crippen molar-refractivity contribution in [3.63, 3.8) is 0 Å². The molecule has 1 aromatic rings. The Balaban J connectivity index is 1.51. The molecule has 1 aliphatic heterocycles. The number of aromatic nitrogens is 2. The van der Waals surface area contributed by atoms with Gasteiger partial charge >= 0.3 is 0 Å². The van der Waals surface area contributed by atoms with Gasteiger partial charge in [-0.3, -0.25) is 4.68 Å². The van der Waals surface area contributed by atoms with Crippen LogP contribution in [0.1, 0.15) is 12.8 Å². The minimum atomic E-state index is -0.0645. The van der Waals surface area contributed by atoms with Gasteiger partial charge in [0.05, 0.1) is 24.5 Å². The first-order valence-electron chi connectivity index (χ1n) is 6.41. The smallest absolute Gasteiger partial charge is 0.0719 e. The molecule has 3 N–H and O–H groups in total. The molecule has 3 unspecified atom stereocenters. The van der Waals surface area contributed by atoms with E-state index in [1.54, 1.807) is 6.20 Å². The Bertz CT molecular complexity index is 392. The average Bonchev–Trinajstić information content (AvgIpc) is 2.95. The molecule has 0 radical (unpaired) electrons. The van der Waals surface area contributed by atoms with Crippen LogP contribution in [0.5, 0.6) is 0 Å². The van der Waals surface area contributed by atoms with E-state index in [0.717, 1.165) is 38.3 Å². The summed E-state index contributed by atoms with van der Waals surface area (Å²) in [7, 11) is 0. The van der Waals surface area contributed by atoms with E-state index in [9.17, 15) is 5.11 Å². The van der Waals surface area contributed by atoms with E-state index in [1.165, 1.54) is 6.42 Å². The van der Waals surface area contributed by atoms with Crippen molar-refractivity contribution >= 4 is 5.69 Å². The van der Waals surface area contributed by atoms with E-state index < -0.39 is 0 Å². The molecule has 0 amide bonds. The van der Waals surface area contributed by atoms with Gasteiger partial charge < -0.3 is 15.7 Å². The van der Waals surface area contributed by atoms with Crippen molar-refractivity contribution in [1.82, 2.24) is 14.7 Å². The zero-order valence-corrected chi connectivity index (χ0v) is 10.00. The Morgan fingerprint density at radius 2 is 2.24 bits per heavy atom. The summed E-state index contributed by atoms with van der Waals surface area (Å²) in [6.45, 7) is 4.06. The third-order valence-corrected chi connectivity index (χ3v) is 4.19. The van der Waals surface area contributed by atoms with Crippen LogP contribution in [0, 0.1) is 11.8 Å². The van der Waals surface area contributed by atoms with Crippen LogP contribution in [0.4, 0.5) is 5.69 Å². The highest BCUT2D eigenvalue weighted by atomic mass is 16.3. The maximum absolute atomic E-state index is 9.84. The summed E-state index contributed by atoms with van der Waals surface area (Å²) in [6.07, 6.45) is 5.68. The SMILES string of the molecule is Nc1cnn(CCN2CC3CCC(O)C3C2)c1. The fourth-order valence-electron chi connectivity index (χ4n) is 3.26. The van der Waals surface area contributed by atoms with Gasteiger partial charge in [0.1, 0.15) is 0 Å². The van der Waals surface area contributed by atoms with Crippen LogP contribution in [-0.2, 0) is 6.54 Å². The Labute approximate surface area is 101 Å². The van der Waals surface area contributed by atoms with E-state index in [2.05, 4.69) is 10.00 Å². The molecule has 0 bridgehead atoms. The highest BCUT2D eigenvalue weighted by Crippen LogP contribution is 2.37. The van der Waals surface area contributed by atoms with Crippen LogP contribution in [0.25, 0.3) is 0 Å². The summed E-state index contributed by atoms with van der Waals surface area (Å²) in [5.41, 5.74) is 6.35. The van der Waals surface area contributed by atoms with Gasteiger partial charge in [0, 0.05) is 31.7 Å². The number of rotatable bonds is 3. The van der Waals surface area contributed by atoms with Gasteiger partial charge in [-0.1, -0.05) is 0 Å². The zero-order valence-electron chi connectivity index (χ0n) is 10.00. The quantitative estimate of drug-likeness (QED) is 0.785. The number of likely N-dealkylation sites (tertiary alicyclic amines) is 1. The number of anilines is 1. The fourth-order valence-corrected chi connectivity index (χ4v) is 3.26. The minimum Gasteiger partial charge on any atom is -0.396 e. The van der Waals surface area contributed by atoms with Crippen molar-refractivity contribution in [2.75, 3.05) is 25.4 Å². The number of aliphatic hydroxyl groups is 1. The summed E-state index contributed by atoms with van der Waals surface area (Å²) < 4.78 is 1.89. The minimum absolute atomic E-state index is 0.0645. The van der Waals surface area contributed by atoms with Crippen molar-refractivity contribution in [2.24, 2.45) is 11.8 Å². The molecule has 1 aromatic heterocycles. The first-order valence-corrected chi connectivity index (χ1v) is 6.41. The molecule has 1 aliphatic carbocycles. The second-order valence-corrected chi connectivity index (χ2v) is 5.36. The lowest BCUT2D eigenvalue weighted by Crippen LogP contribution is -2.28. The average molecular weight is 236 g/mol. The maximum Gasteiger partial charge on any atom is 0.0719 e. The van der Waals surface area contributed by atoms with Crippen molar-refractivity contribution in [2.45, 2.75) is 25.5 Å². The van der Waals surface area contributed by atoms with Crippen LogP contribution in [0.2, 0.25) is 0 Å². The predicted octanol–water partition coefficient (Wildman–Crippen LogP) is 0.168. The molecule has 2 heterocycles. The summed E-state index contributed by atoms with van der Waals surface area (Å²) in [5.74, 6) is 1.23. The van der Waals surface area contributed by atoms with E-state index in [-0.39, 0.29) is 6.10 Å². The molecule has 2 fully saturated rings. The van der Waals surface area contributed by atoms with Gasteiger partial charge in [0.25, 0.3) is 0 Å². The number of aliphatic hydroxyl groups excluding tert-OH is 1. The number of hydrogen-bond donors (Lipinski definition) is 2. The van der Waals surface area contributed by atoms with Crippen molar-refractivity contribution in [3.05, 3.63) is 12.4 Å². The Morgan fingerprint density at radius 3 is 2.94 bits per heavy atom. The predicted molar refractivity (Wildman–Crippen MR) is 65.3 cm³/mol. The number of nitrogens with zero attached hydrogens (tertiary/aromatic N) is 3. The molecule has 2 aliphatic rings. The van der Waals surface area contributed by atoms with E-state index in [4.69, 9.17) is 5.73 Å². The summed E-state index contributed by atoms with van der Waals surface area (Å²) in [6, 6.07) is 0. The van der Waals surface area contributed by atoms with Crippen LogP contribution in [0.3, 0.4) is 0 Å². The second kappa shape index (κ2) is 4.31. The Kier molecular flexibility index (Phi) is 2.80. The number of nitrogen functional groups attached to an aromatic ring is 1. The first-order chi connectivity index (χ1) is 8.22. The van der Waals surface area contributed by atoms with Crippen LogP contribution in [-0.4, -0.2) is 45.5 Å². The third-order valence-electron chi connectivity index (χ3n) is 4.19. The lowest BCUT2D eigenvalue weighted by molar-refractivity contribution is 0.124. The highest BCUT2D eigenvalue weighted by Gasteiger charge is 2.41. The number of hydrogen-bond acceptors (Lipinski definition) is 4. The number of fused-ring (bicyclic) bond motifs is 1. The molecule has 5 heteroatoms. The van der Waals surface area contributed by atoms with Gasteiger partial charge in [0.2, 0.25) is 0 Å². The molecule has 17 heavy (non-hydrogen) atoms. The molecular formula is C12H20N4O. The van der Waals surface area contributed by atoms with Crippen molar-refractivity contribution in [3.8, 4) is 0 Å². The standard InChI is InChI=1S/C12H20N4O/c13-10-5-14-16(7-10)4-3-15-6-9-1-2-12(17)11(9)8-15/h5,7,9,11-12,17H,1-4,6,8,13H2. The second-order valence-electron chi connectivity index (χ2n) is 5.36. The number of nitrogens with two attached hydrogens (primary N) is 1. The van der Waals surface area contributed by atoms with Crippen molar-refractivity contribution in [1.29, 1.82) is 0 Å². The molecule has 1 saturated carbocycles. The fraction of sp³-hybridized carbons (Fsp3) is 0.750. The normalized spacial score (nSPS) is 33.1. The van der Waals surface area contributed by atoms with Crippen LogP contribution < -0.4 is 5.73 Å². The molecule has 3 atom stereocenters. The highest BCUT2D eigenvalue weighted by molar-refractivity contribution is 5.30. The molecular weight excluding hydrogens is 216 g/mol. The lowest BCUT2D eigenvalue weighted by Gasteiger charge is -2.17. The van der Waals surface area contributed by atoms with Gasteiger partial charge in [-0.15, -0.1) is 0 Å². The molecule has 0 spiro atoms. The Hall–Kier alpha value is -1.07. The topological polar surface area (TPSA) is 67.3 Å². The van der Waals surface area contributed by atoms with Gasteiger partial charge in [-0.05, 0) is 18.8 Å². The molecule has 1 saturated heterocycles. The van der Waals surface area contributed by atoms with E-state index in [1.807, 2.05) is 10.9 Å². The molecule has 5 nitrogen and oxygen atoms in total.